The van der Waals surface area contributed by atoms with Gasteiger partial charge in [0.1, 0.15) is 0 Å². The van der Waals surface area contributed by atoms with E-state index in [9.17, 15) is 9.59 Å². The third-order valence-electron chi connectivity index (χ3n) is 6.78. The van der Waals surface area contributed by atoms with Crippen LogP contribution in [0.15, 0.2) is 100.0 Å². The van der Waals surface area contributed by atoms with Crippen LogP contribution in [0, 0.1) is 0 Å². The standard InChI is InChI=1S/C29H30N6O2/c1-33(2)24-16-18-34(19-17-24)28(36)22-12-9-15-25(20-22)35-29(37)27(31-30-23-13-7-4-8-14-23)26(32-35)21-10-5-3-6-11-21/h3-15,20,24,32H,16-19H2,1-2H3. The smallest absolute Gasteiger partial charge is 0.299 e. The number of piperidine rings is 1. The van der Waals surface area contributed by atoms with Gasteiger partial charge in [-0.2, -0.15) is 5.11 Å². The van der Waals surface area contributed by atoms with Crippen molar-refractivity contribution in [2.45, 2.75) is 18.9 Å². The molecule has 2 heterocycles. The number of hydrogen-bond donors (Lipinski definition) is 1. The van der Waals surface area contributed by atoms with Crippen LogP contribution in [-0.2, 0) is 0 Å². The van der Waals surface area contributed by atoms with E-state index in [-0.39, 0.29) is 17.2 Å². The first-order chi connectivity index (χ1) is 18.0. The van der Waals surface area contributed by atoms with Crippen molar-refractivity contribution in [1.29, 1.82) is 0 Å². The van der Waals surface area contributed by atoms with E-state index in [2.05, 4.69) is 34.3 Å². The molecule has 1 N–H and O–H groups in total. The Hall–Kier alpha value is -4.30. The molecule has 1 aliphatic rings. The fraction of sp³-hybridized carbons (Fsp3) is 0.241. The highest BCUT2D eigenvalue weighted by Gasteiger charge is 2.25. The van der Waals surface area contributed by atoms with Crippen molar-refractivity contribution in [3.05, 3.63) is 101 Å². The van der Waals surface area contributed by atoms with Crippen molar-refractivity contribution in [2.75, 3.05) is 27.2 Å². The minimum atomic E-state index is -0.338. The van der Waals surface area contributed by atoms with Gasteiger partial charge in [-0.3, -0.25) is 14.7 Å². The molecule has 0 spiro atoms. The molecule has 4 aromatic rings. The van der Waals surface area contributed by atoms with Crippen LogP contribution in [0.25, 0.3) is 16.9 Å². The van der Waals surface area contributed by atoms with E-state index in [0.29, 0.717) is 28.7 Å². The molecule has 3 aromatic carbocycles. The van der Waals surface area contributed by atoms with E-state index in [1.165, 1.54) is 4.68 Å². The molecule has 0 saturated carbocycles. The van der Waals surface area contributed by atoms with Crippen LogP contribution in [0.1, 0.15) is 23.2 Å². The molecule has 8 heteroatoms. The first kappa shape index (κ1) is 24.4. The topological polar surface area (TPSA) is 86.1 Å². The van der Waals surface area contributed by atoms with E-state index in [4.69, 9.17) is 0 Å². The van der Waals surface area contributed by atoms with Crippen molar-refractivity contribution >= 4 is 17.3 Å². The minimum absolute atomic E-state index is 0.0223. The largest absolute Gasteiger partial charge is 0.339 e. The van der Waals surface area contributed by atoms with E-state index < -0.39 is 0 Å². The highest BCUT2D eigenvalue weighted by molar-refractivity contribution is 5.94. The Balaban J connectivity index is 1.49. The van der Waals surface area contributed by atoms with Crippen LogP contribution >= 0.6 is 0 Å². The lowest BCUT2D eigenvalue weighted by Crippen LogP contribution is -2.44. The van der Waals surface area contributed by atoms with Crippen LogP contribution in [0.2, 0.25) is 0 Å². The zero-order valence-corrected chi connectivity index (χ0v) is 21.0. The summed E-state index contributed by atoms with van der Waals surface area (Å²) in [7, 11) is 4.16. The van der Waals surface area contributed by atoms with Gasteiger partial charge in [-0.15, -0.1) is 5.11 Å². The maximum atomic E-state index is 13.5. The van der Waals surface area contributed by atoms with Gasteiger partial charge in [0.05, 0.1) is 17.1 Å². The van der Waals surface area contributed by atoms with Gasteiger partial charge in [0.2, 0.25) is 0 Å². The number of nitrogens with one attached hydrogen (secondary N) is 1. The number of carbonyl (C=O) groups excluding carboxylic acids is 1. The lowest BCUT2D eigenvalue weighted by atomic mass is 10.0. The average Bonchev–Trinajstić information content (AvgIpc) is 3.28. The predicted octanol–water partition coefficient (Wildman–Crippen LogP) is 5.41. The third kappa shape index (κ3) is 5.29. The third-order valence-corrected chi connectivity index (χ3v) is 6.78. The number of benzene rings is 3. The Morgan fingerprint density at radius 2 is 1.57 bits per heavy atom. The molecule has 37 heavy (non-hydrogen) atoms. The molecule has 0 atom stereocenters. The Morgan fingerprint density at radius 3 is 2.24 bits per heavy atom. The summed E-state index contributed by atoms with van der Waals surface area (Å²) < 4.78 is 1.43. The molecule has 0 aliphatic carbocycles. The van der Waals surface area contributed by atoms with Crippen molar-refractivity contribution in [3.63, 3.8) is 0 Å². The molecule has 8 nitrogen and oxygen atoms in total. The maximum absolute atomic E-state index is 13.5. The van der Waals surface area contributed by atoms with Crippen molar-refractivity contribution < 1.29 is 4.79 Å². The summed E-state index contributed by atoms with van der Waals surface area (Å²) in [4.78, 5) is 30.9. The first-order valence-electron chi connectivity index (χ1n) is 12.4. The zero-order valence-electron chi connectivity index (χ0n) is 21.0. The highest BCUT2D eigenvalue weighted by Crippen LogP contribution is 2.28. The predicted molar refractivity (Wildman–Crippen MR) is 145 cm³/mol. The molecule has 1 amide bonds. The average molecular weight is 495 g/mol. The van der Waals surface area contributed by atoms with Gasteiger partial charge in [0.15, 0.2) is 5.69 Å². The number of aromatic amines is 1. The van der Waals surface area contributed by atoms with E-state index in [0.717, 1.165) is 31.5 Å². The Morgan fingerprint density at radius 1 is 0.892 bits per heavy atom. The van der Waals surface area contributed by atoms with E-state index >= 15 is 0 Å². The number of aromatic nitrogens is 2. The van der Waals surface area contributed by atoms with Gasteiger partial charge in [-0.05, 0) is 57.3 Å². The van der Waals surface area contributed by atoms with E-state index in [1.807, 2.05) is 65.6 Å². The zero-order chi connectivity index (χ0) is 25.8. The van der Waals surface area contributed by atoms with Crippen LogP contribution in [0.4, 0.5) is 11.4 Å². The van der Waals surface area contributed by atoms with Crippen molar-refractivity contribution in [1.82, 2.24) is 19.6 Å². The second kappa shape index (κ2) is 10.8. The summed E-state index contributed by atoms with van der Waals surface area (Å²) in [6.45, 7) is 1.44. The summed E-state index contributed by atoms with van der Waals surface area (Å²) in [5.41, 5.74) is 3.02. The van der Waals surface area contributed by atoms with Crippen LogP contribution in [0.5, 0.6) is 0 Å². The van der Waals surface area contributed by atoms with E-state index in [1.54, 1.807) is 24.3 Å². The highest BCUT2D eigenvalue weighted by atomic mass is 16.2. The quantitative estimate of drug-likeness (QED) is 0.364. The fourth-order valence-electron chi connectivity index (χ4n) is 4.66. The maximum Gasteiger partial charge on any atom is 0.299 e. The lowest BCUT2D eigenvalue weighted by molar-refractivity contribution is 0.0663. The van der Waals surface area contributed by atoms with Gasteiger partial charge in [-0.1, -0.05) is 54.6 Å². The molecule has 1 aromatic heterocycles. The van der Waals surface area contributed by atoms with Crippen molar-refractivity contribution in [3.8, 4) is 16.9 Å². The van der Waals surface area contributed by atoms with Crippen molar-refractivity contribution in [2.24, 2.45) is 10.2 Å². The van der Waals surface area contributed by atoms with Gasteiger partial charge in [-0.25, -0.2) is 4.68 Å². The summed E-state index contributed by atoms with van der Waals surface area (Å²) in [6, 6.07) is 26.5. The van der Waals surface area contributed by atoms with Crippen LogP contribution in [-0.4, -0.2) is 58.7 Å². The number of hydrogen-bond acceptors (Lipinski definition) is 5. The molecule has 0 unspecified atom stereocenters. The molecule has 0 radical (unpaired) electrons. The normalized spacial score (nSPS) is 14.5. The second-order valence-corrected chi connectivity index (χ2v) is 9.41. The molecule has 0 bridgehead atoms. The monoisotopic (exact) mass is 494 g/mol. The Labute approximate surface area is 215 Å². The summed E-state index contributed by atoms with van der Waals surface area (Å²) >= 11 is 0. The molecule has 1 fully saturated rings. The molecule has 5 rings (SSSR count). The number of likely N-dealkylation sites (tertiary alicyclic amines) is 1. The molecule has 188 valence electrons. The summed E-state index contributed by atoms with van der Waals surface area (Å²) in [5.74, 6) is -0.0223. The molecule has 1 saturated heterocycles. The van der Waals surface area contributed by atoms with Gasteiger partial charge < -0.3 is 9.80 Å². The summed E-state index contributed by atoms with van der Waals surface area (Å²) in [5, 5.41) is 11.8. The number of rotatable bonds is 6. The van der Waals surface area contributed by atoms with Gasteiger partial charge in [0, 0.05) is 30.3 Å². The molecular formula is C29H30N6O2. The number of amides is 1. The number of carbonyl (C=O) groups is 1. The summed E-state index contributed by atoms with van der Waals surface area (Å²) in [6.07, 6.45) is 1.90. The lowest BCUT2D eigenvalue weighted by Gasteiger charge is -2.35. The SMILES string of the molecule is CN(C)C1CCN(C(=O)c2cccc(-n3[nH]c(-c4ccccc4)c(N=Nc4ccccc4)c3=O)c2)CC1. The van der Waals surface area contributed by atoms with Crippen LogP contribution in [0.3, 0.4) is 0 Å². The molecule has 1 aliphatic heterocycles. The fourth-order valence-corrected chi connectivity index (χ4v) is 4.66. The van der Waals surface area contributed by atoms with Crippen LogP contribution < -0.4 is 5.56 Å². The molecular weight excluding hydrogens is 464 g/mol. The second-order valence-electron chi connectivity index (χ2n) is 9.41. The minimum Gasteiger partial charge on any atom is -0.339 e. The Bertz CT molecular complexity index is 1450. The van der Waals surface area contributed by atoms with Gasteiger partial charge >= 0.3 is 0 Å². The first-order valence-corrected chi connectivity index (χ1v) is 12.4. The number of azo groups is 1. The number of nitrogens with zero attached hydrogens (tertiary/aromatic N) is 5. The number of H-pyrrole nitrogens is 1. The Kier molecular flexibility index (Phi) is 7.09. The van der Waals surface area contributed by atoms with Gasteiger partial charge in [0.25, 0.3) is 11.5 Å².